The van der Waals surface area contributed by atoms with Crippen LogP contribution in [0.5, 0.6) is 0 Å². The Morgan fingerprint density at radius 3 is 2.79 bits per heavy atom. The molecule has 3 aliphatic rings. The highest BCUT2D eigenvalue weighted by molar-refractivity contribution is 5.79. The number of amides is 1. The summed E-state index contributed by atoms with van der Waals surface area (Å²) in [4.78, 5) is 21.7. The minimum absolute atomic E-state index is 0.0267. The highest BCUT2D eigenvalue weighted by atomic mass is 16.5. The van der Waals surface area contributed by atoms with Gasteiger partial charge in [-0.1, -0.05) is 18.0 Å². The first-order chi connectivity index (χ1) is 11.7. The van der Waals surface area contributed by atoms with Gasteiger partial charge in [0.2, 0.25) is 11.8 Å². The zero-order valence-corrected chi connectivity index (χ0v) is 14.4. The fourth-order valence-corrected chi connectivity index (χ4v) is 4.31. The van der Waals surface area contributed by atoms with Gasteiger partial charge in [-0.25, -0.2) is 0 Å². The second-order valence-electron chi connectivity index (χ2n) is 7.36. The standard InChI is InChI=1S/C17H27N5O2/c1-21-10-8-18-11-14(21)15-19-16(24-20-15)13-7-4-9-22(13)17(23)12-5-2-3-6-12/h12-14,18H,2-11H2,1H3. The Labute approximate surface area is 142 Å². The lowest BCUT2D eigenvalue weighted by atomic mass is 10.1. The molecule has 4 rings (SSSR count). The monoisotopic (exact) mass is 333 g/mol. The van der Waals surface area contributed by atoms with Crippen LogP contribution in [0.2, 0.25) is 0 Å². The number of likely N-dealkylation sites (tertiary alicyclic amines) is 1. The Balaban J connectivity index is 1.49. The average molecular weight is 333 g/mol. The van der Waals surface area contributed by atoms with Crippen molar-refractivity contribution in [3.05, 3.63) is 11.7 Å². The highest BCUT2D eigenvalue weighted by Gasteiger charge is 2.38. The maximum Gasteiger partial charge on any atom is 0.249 e. The Morgan fingerprint density at radius 1 is 1.17 bits per heavy atom. The summed E-state index contributed by atoms with van der Waals surface area (Å²) in [6, 6.07) is 0.123. The summed E-state index contributed by atoms with van der Waals surface area (Å²) in [6.07, 6.45) is 6.39. The molecule has 1 aromatic heterocycles. The second-order valence-corrected chi connectivity index (χ2v) is 7.36. The maximum atomic E-state index is 12.8. The molecule has 1 N–H and O–H groups in total. The number of piperazine rings is 1. The molecule has 2 atom stereocenters. The molecule has 7 heteroatoms. The van der Waals surface area contributed by atoms with E-state index in [0.717, 1.165) is 57.7 Å². The first-order valence-electron chi connectivity index (χ1n) is 9.29. The molecule has 0 spiro atoms. The summed E-state index contributed by atoms with van der Waals surface area (Å²) < 4.78 is 5.58. The van der Waals surface area contributed by atoms with Crippen LogP contribution < -0.4 is 5.32 Å². The first kappa shape index (κ1) is 16.0. The van der Waals surface area contributed by atoms with Crippen LogP contribution >= 0.6 is 0 Å². The number of carbonyl (C=O) groups is 1. The number of nitrogens with zero attached hydrogens (tertiary/aromatic N) is 4. The molecule has 1 aromatic rings. The van der Waals surface area contributed by atoms with Crippen molar-refractivity contribution in [1.29, 1.82) is 0 Å². The summed E-state index contributed by atoms with van der Waals surface area (Å²) in [7, 11) is 2.09. The van der Waals surface area contributed by atoms with Crippen LogP contribution in [0.3, 0.4) is 0 Å². The number of carbonyl (C=O) groups excluding carboxylic acids is 1. The lowest BCUT2D eigenvalue weighted by molar-refractivity contribution is -0.136. The molecule has 0 bridgehead atoms. The summed E-state index contributed by atoms with van der Waals surface area (Å²) in [5, 5.41) is 7.60. The lowest BCUT2D eigenvalue weighted by Crippen LogP contribution is -2.44. The van der Waals surface area contributed by atoms with Gasteiger partial charge < -0.3 is 14.7 Å². The van der Waals surface area contributed by atoms with Crippen molar-refractivity contribution in [2.45, 2.75) is 50.6 Å². The number of likely N-dealkylation sites (N-methyl/N-ethyl adjacent to an activating group) is 1. The van der Waals surface area contributed by atoms with Gasteiger partial charge in [-0.05, 0) is 32.7 Å². The van der Waals surface area contributed by atoms with E-state index in [4.69, 9.17) is 4.52 Å². The highest BCUT2D eigenvalue weighted by Crippen LogP contribution is 2.36. The van der Waals surface area contributed by atoms with E-state index in [1.165, 1.54) is 12.8 Å². The number of hydrogen-bond donors (Lipinski definition) is 1. The van der Waals surface area contributed by atoms with Crippen molar-refractivity contribution in [3.63, 3.8) is 0 Å². The lowest BCUT2D eigenvalue weighted by Gasteiger charge is -2.30. The third kappa shape index (κ3) is 2.95. The van der Waals surface area contributed by atoms with Gasteiger partial charge in [0.05, 0.1) is 6.04 Å². The van der Waals surface area contributed by atoms with Crippen molar-refractivity contribution in [1.82, 2.24) is 25.3 Å². The van der Waals surface area contributed by atoms with Gasteiger partial charge in [0, 0.05) is 32.1 Å². The van der Waals surface area contributed by atoms with Crippen LogP contribution in [-0.2, 0) is 4.79 Å². The van der Waals surface area contributed by atoms with Gasteiger partial charge >= 0.3 is 0 Å². The molecule has 3 heterocycles. The van der Waals surface area contributed by atoms with Crippen molar-refractivity contribution >= 4 is 5.91 Å². The molecular weight excluding hydrogens is 306 g/mol. The van der Waals surface area contributed by atoms with E-state index in [-0.39, 0.29) is 18.0 Å². The zero-order chi connectivity index (χ0) is 16.5. The first-order valence-corrected chi connectivity index (χ1v) is 9.29. The van der Waals surface area contributed by atoms with Crippen LogP contribution in [0.15, 0.2) is 4.52 Å². The van der Waals surface area contributed by atoms with Crippen LogP contribution in [0.25, 0.3) is 0 Å². The Hall–Kier alpha value is -1.47. The Morgan fingerprint density at radius 2 is 2.00 bits per heavy atom. The van der Waals surface area contributed by atoms with Gasteiger partial charge in [-0.3, -0.25) is 9.69 Å². The molecule has 1 aliphatic carbocycles. The van der Waals surface area contributed by atoms with Gasteiger partial charge in [0.15, 0.2) is 5.82 Å². The third-order valence-corrected chi connectivity index (χ3v) is 5.79. The second kappa shape index (κ2) is 6.80. The van der Waals surface area contributed by atoms with Crippen LogP contribution in [0.4, 0.5) is 0 Å². The van der Waals surface area contributed by atoms with E-state index in [2.05, 4.69) is 27.4 Å². The molecule has 0 aromatic carbocycles. The minimum atomic E-state index is -0.0267. The average Bonchev–Trinajstić information content (AvgIpc) is 3.34. The van der Waals surface area contributed by atoms with E-state index in [1.807, 2.05) is 4.90 Å². The number of hydrogen-bond acceptors (Lipinski definition) is 6. The molecule has 0 radical (unpaired) electrons. The van der Waals surface area contributed by atoms with Gasteiger partial charge in [0.25, 0.3) is 0 Å². The van der Waals surface area contributed by atoms with Crippen molar-refractivity contribution < 1.29 is 9.32 Å². The third-order valence-electron chi connectivity index (χ3n) is 5.79. The predicted molar refractivity (Wildman–Crippen MR) is 88.2 cm³/mol. The zero-order valence-electron chi connectivity index (χ0n) is 14.4. The Bertz CT molecular complexity index is 583. The van der Waals surface area contributed by atoms with Crippen molar-refractivity contribution in [2.75, 3.05) is 33.2 Å². The molecule has 2 unspecified atom stereocenters. The molecule has 24 heavy (non-hydrogen) atoms. The largest absolute Gasteiger partial charge is 0.337 e. The van der Waals surface area contributed by atoms with E-state index in [0.29, 0.717) is 11.8 Å². The van der Waals surface area contributed by atoms with Gasteiger partial charge in [-0.15, -0.1) is 0 Å². The number of rotatable bonds is 3. The van der Waals surface area contributed by atoms with Crippen LogP contribution in [0, 0.1) is 5.92 Å². The van der Waals surface area contributed by atoms with E-state index in [1.54, 1.807) is 0 Å². The molecular formula is C17H27N5O2. The van der Waals surface area contributed by atoms with Gasteiger partial charge in [-0.2, -0.15) is 4.98 Å². The van der Waals surface area contributed by atoms with E-state index < -0.39 is 0 Å². The topological polar surface area (TPSA) is 74.5 Å². The fourth-order valence-electron chi connectivity index (χ4n) is 4.31. The van der Waals surface area contributed by atoms with Gasteiger partial charge in [0.1, 0.15) is 6.04 Å². The maximum absolute atomic E-state index is 12.8. The van der Waals surface area contributed by atoms with E-state index in [9.17, 15) is 4.79 Å². The summed E-state index contributed by atoms with van der Waals surface area (Å²) >= 11 is 0. The number of aromatic nitrogens is 2. The summed E-state index contributed by atoms with van der Waals surface area (Å²) in [6.45, 7) is 3.63. The van der Waals surface area contributed by atoms with Crippen LogP contribution in [0.1, 0.15) is 62.3 Å². The van der Waals surface area contributed by atoms with E-state index >= 15 is 0 Å². The predicted octanol–water partition coefficient (Wildman–Crippen LogP) is 1.50. The molecule has 1 amide bonds. The Kier molecular flexibility index (Phi) is 4.54. The molecule has 3 fully saturated rings. The molecule has 2 saturated heterocycles. The molecule has 1 saturated carbocycles. The SMILES string of the molecule is CN1CCNCC1c1noc(C2CCCN2C(=O)C2CCCC2)n1. The minimum Gasteiger partial charge on any atom is -0.337 e. The number of nitrogens with one attached hydrogen (secondary N) is 1. The van der Waals surface area contributed by atoms with Crippen LogP contribution in [-0.4, -0.2) is 59.1 Å². The normalized spacial score (nSPS) is 29.5. The smallest absolute Gasteiger partial charge is 0.249 e. The molecule has 132 valence electrons. The van der Waals surface area contributed by atoms with Crippen molar-refractivity contribution in [3.8, 4) is 0 Å². The van der Waals surface area contributed by atoms with Crippen molar-refractivity contribution in [2.24, 2.45) is 5.92 Å². The fraction of sp³-hybridized carbons (Fsp3) is 0.824. The summed E-state index contributed by atoms with van der Waals surface area (Å²) in [5.74, 6) is 1.86. The molecule has 2 aliphatic heterocycles. The molecule has 7 nitrogen and oxygen atoms in total. The summed E-state index contributed by atoms with van der Waals surface area (Å²) in [5.41, 5.74) is 0. The quantitative estimate of drug-likeness (QED) is 0.903.